The highest BCUT2D eigenvalue weighted by atomic mass is 14.9. The largest absolute Gasteiger partial charge is 0.319 e. The van der Waals surface area contributed by atoms with Crippen LogP contribution in [0, 0.1) is 0 Å². The van der Waals surface area contributed by atoms with Gasteiger partial charge in [-0.25, -0.2) is 9.97 Å². The van der Waals surface area contributed by atoms with Crippen LogP contribution >= 0.6 is 0 Å². The number of nitrogens with zero attached hydrogens (tertiary/aromatic N) is 2. The molecule has 0 aliphatic heterocycles. The number of nitrogens with one attached hydrogen (secondary N) is 1. The van der Waals surface area contributed by atoms with Crippen molar-refractivity contribution in [1.29, 1.82) is 0 Å². The minimum atomic E-state index is 0.0668. The molecule has 0 aliphatic rings. The standard InChI is InChI=1S/C15H27N3/c1-14(2,3)11-10-12(15(4,5)6)18-13(17-11)8-9-16-7/h10,16H,8-9H2,1-7H3. The van der Waals surface area contributed by atoms with Gasteiger partial charge < -0.3 is 5.32 Å². The molecule has 1 rings (SSSR count). The Morgan fingerprint density at radius 3 is 1.72 bits per heavy atom. The molecule has 0 spiro atoms. The number of aromatic nitrogens is 2. The summed E-state index contributed by atoms with van der Waals surface area (Å²) in [4.78, 5) is 9.41. The average Bonchev–Trinajstić information content (AvgIpc) is 2.23. The van der Waals surface area contributed by atoms with Crippen molar-refractivity contribution in [3.05, 3.63) is 23.3 Å². The van der Waals surface area contributed by atoms with Crippen molar-refractivity contribution in [2.75, 3.05) is 13.6 Å². The summed E-state index contributed by atoms with van der Waals surface area (Å²) >= 11 is 0. The highest BCUT2D eigenvalue weighted by Gasteiger charge is 2.22. The van der Waals surface area contributed by atoms with Crippen LogP contribution in [0.1, 0.15) is 58.8 Å². The van der Waals surface area contributed by atoms with Gasteiger partial charge in [-0.05, 0) is 13.1 Å². The fourth-order valence-corrected chi connectivity index (χ4v) is 1.61. The zero-order valence-electron chi connectivity index (χ0n) is 12.9. The third-order valence-electron chi connectivity index (χ3n) is 2.91. The lowest BCUT2D eigenvalue weighted by Gasteiger charge is -2.24. The quantitative estimate of drug-likeness (QED) is 0.895. The molecule has 1 N–H and O–H groups in total. The van der Waals surface area contributed by atoms with Gasteiger partial charge in [0, 0.05) is 35.2 Å². The van der Waals surface area contributed by atoms with E-state index in [1.54, 1.807) is 0 Å². The van der Waals surface area contributed by atoms with Gasteiger partial charge in [-0.1, -0.05) is 41.5 Å². The molecule has 1 heterocycles. The fourth-order valence-electron chi connectivity index (χ4n) is 1.61. The Morgan fingerprint density at radius 2 is 1.39 bits per heavy atom. The Balaban J connectivity index is 3.21. The second-order valence-electron chi connectivity index (χ2n) is 6.91. The highest BCUT2D eigenvalue weighted by Crippen LogP contribution is 2.26. The summed E-state index contributed by atoms with van der Waals surface area (Å²) in [7, 11) is 1.96. The first-order valence-corrected chi connectivity index (χ1v) is 6.68. The number of hydrogen-bond acceptors (Lipinski definition) is 3. The van der Waals surface area contributed by atoms with Gasteiger partial charge in [0.05, 0.1) is 0 Å². The van der Waals surface area contributed by atoms with Crippen LogP contribution in [-0.4, -0.2) is 23.6 Å². The van der Waals surface area contributed by atoms with Gasteiger partial charge >= 0.3 is 0 Å². The highest BCUT2D eigenvalue weighted by molar-refractivity contribution is 5.22. The lowest BCUT2D eigenvalue weighted by Crippen LogP contribution is -2.22. The van der Waals surface area contributed by atoms with E-state index in [-0.39, 0.29) is 10.8 Å². The first kappa shape index (κ1) is 15.1. The van der Waals surface area contributed by atoms with Gasteiger partial charge in [0.2, 0.25) is 0 Å². The van der Waals surface area contributed by atoms with Crippen molar-refractivity contribution in [3.63, 3.8) is 0 Å². The number of hydrogen-bond donors (Lipinski definition) is 1. The summed E-state index contributed by atoms with van der Waals surface area (Å²) in [6, 6.07) is 2.16. The van der Waals surface area contributed by atoms with Crippen LogP contribution in [0.15, 0.2) is 6.07 Å². The van der Waals surface area contributed by atoms with E-state index in [9.17, 15) is 0 Å². The van der Waals surface area contributed by atoms with Gasteiger partial charge in [-0.2, -0.15) is 0 Å². The molecule has 0 saturated heterocycles. The van der Waals surface area contributed by atoms with E-state index in [0.717, 1.165) is 30.2 Å². The van der Waals surface area contributed by atoms with Gasteiger partial charge in [0.1, 0.15) is 5.82 Å². The summed E-state index contributed by atoms with van der Waals surface area (Å²) in [5.41, 5.74) is 2.40. The topological polar surface area (TPSA) is 37.8 Å². The van der Waals surface area contributed by atoms with E-state index in [2.05, 4.69) is 52.9 Å². The van der Waals surface area contributed by atoms with Crippen molar-refractivity contribution in [2.24, 2.45) is 0 Å². The normalized spacial score (nSPS) is 12.8. The predicted octanol–water partition coefficient (Wildman–Crippen LogP) is 2.83. The van der Waals surface area contributed by atoms with Crippen molar-refractivity contribution >= 4 is 0 Å². The number of likely N-dealkylation sites (N-methyl/N-ethyl adjacent to an activating group) is 1. The SMILES string of the molecule is CNCCc1nc(C(C)(C)C)cc(C(C)(C)C)n1. The van der Waals surface area contributed by atoms with Gasteiger partial charge in [-0.3, -0.25) is 0 Å². The molecule has 0 aromatic carbocycles. The summed E-state index contributed by atoms with van der Waals surface area (Å²) in [6.07, 6.45) is 0.878. The second-order valence-corrected chi connectivity index (χ2v) is 6.91. The van der Waals surface area contributed by atoms with E-state index in [4.69, 9.17) is 9.97 Å². The van der Waals surface area contributed by atoms with E-state index in [1.807, 2.05) is 7.05 Å². The minimum absolute atomic E-state index is 0.0668. The maximum absolute atomic E-state index is 4.70. The predicted molar refractivity (Wildman–Crippen MR) is 77.1 cm³/mol. The van der Waals surface area contributed by atoms with Crippen LogP contribution in [0.3, 0.4) is 0 Å². The van der Waals surface area contributed by atoms with E-state index in [1.165, 1.54) is 0 Å². The maximum atomic E-state index is 4.70. The molecule has 0 saturated carbocycles. The lowest BCUT2D eigenvalue weighted by atomic mass is 9.86. The maximum Gasteiger partial charge on any atom is 0.130 e. The summed E-state index contributed by atoms with van der Waals surface area (Å²) in [6.45, 7) is 14.1. The van der Waals surface area contributed by atoms with Crippen LogP contribution in [0.25, 0.3) is 0 Å². The van der Waals surface area contributed by atoms with E-state index >= 15 is 0 Å². The van der Waals surface area contributed by atoms with E-state index in [0.29, 0.717) is 0 Å². The molecule has 0 fully saturated rings. The van der Waals surface area contributed by atoms with Gasteiger partial charge in [0.25, 0.3) is 0 Å². The molecule has 0 radical (unpaired) electrons. The summed E-state index contributed by atoms with van der Waals surface area (Å²) in [5, 5.41) is 3.15. The summed E-state index contributed by atoms with van der Waals surface area (Å²) < 4.78 is 0. The fraction of sp³-hybridized carbons (Fsp3) is 0.733. The second kappa shape index (κ2) is 5.35. The molecule has 3 heteroatoms. The minimum Gasteiger partial charge on any atom is -0.319 e. The molecule has 3 nitrogen and oxygen atoms in total. The third kappa shape index (κ3) is 4.05. The van der Waals surface area contributed by atoms with Crippen LogP contribution in [0.2, 0.25) is 0 Å². The third-order valence-corrected chi connectivity index (χ3v) is 2.91. The molecular formula is C15H27N3. The van der Waals surface area contributed by atoms with Crippen LogP contribution in [0.5, 0.6) is 0 Å². The smallest absolute Gasteiger partial charge is 0.130 e. The monoisotopic (exact) mass is 249 g/mol. The first-order chi connectivity index (χ1) is 8.14. The molecule has 0 bridgehead atoms. The first-order valence-electron chi connectivity index (χ1n) is 6.68. The Bertz CT molecular complexity index is 365. The molecule has 0 amide bonds. The molecule has 0 atom stereocenters. The van der Waals surface area contributed by atoms with Crippen molar-refractivity contribution in [3.8, 4) is 0 Å². The molecule has 102 valence electrons. The van der Waals surface area contributed by atoms with E-state index < -0.39 is 0 Å². The molecule has 1 aromatic heterocycles. The molecule has 0 aliphatic carbocycles. The van der Waals surface area contributed by atoms with Crippen LogP contribution in [-0.2, 0) is 17.3 Å². The van der Waals surface area contributed by atoms with Crippen molar-refractivity contribution in [2.45, 2.75) is 58.8 Å². The zero-order valence-corrected chi connectivity index (χ0v) is 12.9. The van der Waals surface area contributed by atoms with Crippen molar-refractivity contribution in [1.82, 2.24) is 15.3 Å². The Kier molecular flexibility index (Phi) is 4.49. The van der Waals surface area contributed by atoms with Gasteiger partial charge in [0.15, 0.2) is 0 Å². The molecule has 18 heavy (non-hydrogen) atoms. The summed E-state index contributed by atoms with van der Waals surface area (Å²) in [5.74, 6) is 0.946. The van der Waals surface area contributed by atoms with Crippen LogP contribution in [0.4, 0.5) is 0 Å². The van der Waals surface area contributed by atoms with Crippen LogP contribution < -0.4 is 5.32 Å². The Hall–Kier alpha value is -0.960. The zero-order chi connectivity index (χ0) is 14.0. The Morgan fingerprint density at radius 1 is 0.944 bits per heavy atom. The van der Waals surface area contributed by atoms with Gasteiger partial charge in [-0.15, -0.1) is 0 Å². The molecule has 1 aromatic rings. The molecule has 0 unspecified atom stereocenters. The molecular weight excluding hydrogens is 222 g/mol. The Labute approximate surface area is 111 Å². The number of rotatable bonds is 3. The lowest BCUT2D eigenvalue weighted by molar-refractivity contribution is 0.528. The van der Waals surface area contributed by atoms with Crippen molar-refractivity contribution < 1.29 is 0 Å². The average molecular weight is 249 g/mol.